The van der Waals surface area contributed by atoms with Crippen LogP contribution in [0.25, 0.3) is 0 Å². The van der Waals surface area contributed by atoms with Gasteiger partial charge in [-0.2, -0.15) is 0 Å². The third kappa shape index (κ3) is 5.47. The van der Waals surface area contributed by atoms with Gasteiger partial charge in [-0.05, 0) is 39.3 Å². The van der Waals surface area contributed by atoms with E-state index >= 15 is 0 Å². The van der Waals surface area contributed by atoms with E-state index in [1.54, 1.807) is 0 Å². The number of nitrogens with one attached hydrogen (secondary N) is 1. The monoisotopic (exact) mass is 227 g/mol. The second-order valence-electron chi connectivity index (χ2n) is 5.15. The molecule has 0 radical (unpaired) electrons. The van der Waals surface area contributed by atoms with Gasteiger partial charge >= 0.3 is 0 Å². The maximum absolute atomic E-state index is 11.6. The molecule has 1 saturated carbocycles. The number of nitrogens with two attached hydrogens (primary N) is 1. The van der Waals surface area contributed by atoms with E-state index in [0.29, 0.717) is 18.4 Å². The number of rotatable bonds is 5. The molecule has 4 heteroatoms. The Morgan fingerprint density at radius 1 is 1.44 bits per heavy atom. The van der Waals surface area contributed by atoms with Crippen molar-refractivity contribution in [3.8, 4) is 0 Å². The van der Waals surface area contributed by atoms with Crippen LogP contribution < -0.4 is 11.1 Å². The lowest BCUT2D eigenvalue weighted by Crippen LogP contribution is -2.34. The van der Waals surface area contributed by atoms with E-state index in [1.807, 2.05) is 14.1 Å². The molecule has 0 spiro atoms. The summed E-state index contributed by atoms with van der Waals surface area (Å²) in [5.41, 5.74) is 5.90. The van der Waals surface area contributed by atoms with Gasteiger partial charge in [0.1, 0.15) is 0 Å². The molecule has 16 heavy (non-hydrogen) atoms. The summed E-state index contributed by atoms with van der Waals surface area (Å²) >= 11 is 0. The van der Waals surface area contributed by atoms with Gasteiger partial charge < -0.3 is 16.0 Å². The quantitative estimate of drug-likeness (QED) is 0.722. The van der Waals surface area contributed by atoms with E-state index < -0.39 is 0 Å². The molecule has 3 N–H and O–H groups in total. The SMILES string of the molecule is CN(C)CCNC(=O)CC1CCCC(N)C1. The number of carbonyl (C=O) groups excluding carboxylic acids is 1. The normalized spacial score (nSPS) is 25.8. The molecule has 0 bridgehead atoms. The summed E-state index contributed by atoms with van der Waals surface area (Å²) in [6, 6.07) is 0.313. The fraction of sp³-hybridized carbons (Fsp3) is 0.917. The van der Waals surface area contributed by atoms with Gasteiger partial charge in [-0.25, -0.2) is 0 Å². The molecular weight excluding hydrogens is 202 g/mol. The summed E-state index contributed by atoms with van der Waals surface area (Å²) in [6.07, 6.45) is 5.13. The lowest BCUT2D eigenvalue weighted by Gasteiger charge is -2.26. The largest absolute Gasteiger partial charge is 0.355 e. The smallest absolute Gasteiger partial charge is 0.220 e. The lowest BCUT2D eigenvalue weighted by atomic mass is 9.84. The van der Waals surface area contributed by atoms with Crippen molar-refractivity contribution in [2.75, 3.05) is 27.2 Å². The minimum absolute atomic E-state index is 0.181. The maximum Gasteiger partial charge on any atom is 0.220 e. The molecule has 2 atom stereocenters. The van der Waals surface area contributed by atoms with Gasteiger partial charge in [0, 0.05) is 25.6 Å². The van der Waals surface area contributed by atoms with Crippen molar-refractivity contribution in [2.45, 2.75) is 38.1 Å². The van der Waals surface area contributed by atoms with Gasteiger partial charge in [0.2, 0.25) is 5.91 Å². The van der Waals surface area contributed by atoms with E-state index in [2.05, 4.69) is 10.2 Å². The zero-order valence-electron chi connectivity index (χ0n) is 10.5. The summed E-state index contributed by atoms with van der Waals surface area (Å²) in [4.78, 5) is 13.7. The molecule has 0 saturated heterocycles. The highest BCUT2D eigenvalue weighted by Gasteiger charge is 2.21. The van der Waals surface area contributed by atoms with Crippen LogP contribution in [0.4, 0.5) is 0 Å². The van der Waals surface area contributed by atoms with E-state index in [4.69, 9.17) is 5.73 Å². The second-order valence-corrected chi connectivity index (χ2v) is 5.15. The Labute approximate surface area is 98.6 Å². The van der Waals surface area contributed by atoms with E-state index in [1.165, 1.54) is 6.42 Å². The van der Waals surface area contributed by atoms with Crippen LogP contribution in [0.15, 0.2) is 0 Å². The van der Waals surface area contributed by atoms with Crippen LogP contribution in [0.5, 0.6) is 0 Å². The van der Waals surface area contributed by atoms with Crippen LogP contribution in [0.1, 0.15) is 32.1 Å². The summed E-state index contributed by atoms with van der Waals surface area (Å²) in [5, 5.41) is 2.95. The Kier molecular flexibility index (Phi) is 5.77. The van der Waals surface area contributed by atoms with Gasteiger partial charge in [-0.15, -0.1) is 0 Å². The average molecular weight is 227 g/mol. The first-order valence-electron chi connectivity index (χ1n) is 6.25. The van der Waals surface area contributed by atoms with Crippen molar-refractivity contribution in [1.82, 2.24) is 10.2 Å². The predicted octanol–water partition coefficient (Wildman–Crippen LogP) is 0.572. The second kappa shape index (κ2) is 6.86. The van der Waals surface area contributed by atoms with Crippen LogP contribution in [0.2, 0.25) is 0 Å². The Hall–Kier alpha value is -0.610. The third-order valence-electron chi connectivity index (χ3n) is 3.18. The van der Waals surface area contributed by atoms with Gasteiger partial charge in [-0.1, -0.05) is 6.42 Å². The molecule has 0 aromatic heterocycles. The molecule has 1 aliphatic rings. The molecule has 0 aromatic rings. The molecule has 0 aromatic carbocycles. The summed E-state index contributed by atoms with van der Waals surface area (Å²) in [6.45, 7) is 1.64. The van der Waals surface area contributed by atoms with Gasteiger partial charge in [-0.3, -0.25) is 4.79 Å². The van der Waals surface area contributed by atoms with Crippen molar-refractivity contribution in [2.24, 2.45) is 11.7 Å². The van der Waals surface area contributed by atoms with Crippen molar-refractivity contribution in [3.05, 3.63) is 0 Å². The van der Waals surface area contributed by atoms with E-state index in [9.17, 15) is 4.79 Å². The molecule has 1 aliphatic carbocycles. The van der Waals surface area contributed by atoms with Crippen molar-refractivity contribution in [1.29, 1.82) is 0 Å². The molecule has 1 fully saturated rings. The first kappa shape index (κ1) is 13.5. The minimum atomic E-state index is 0.181. The number of likely N-dealkylation sites (N-methyl/N-ethyl adjacent to an activating group) is 1. The topological polar surface area (TPSA) is 58.4 Å². The highest BCUT2D eigenvalue weighted by Crippen LogP contribution is 2.25. The Bertz CT molecular complexity index is 218. The first-order chi connectivity index (χ1) is 7.58. The van der Waals surface area contributed by atoms with Gasteiger partial charge in [0.25, 0.3) is 0 Å². The lowest BCUT2D eigenvalue weighted by molar-refractivity contribution is -0.122. The highest BCUT2D eigenvalue weighted by molar-refractivity contribution is 5.76. The Balaban J connectivity index is 2.13. The van der Waals surface area contributed by atoms with E-state index in [-0.39, 0.29) is 5.91 Å². The molecule has 0 aliphatic heterocycles. The minimum Gasteiger partial charge on any atom is -0.355 e. The molecule has 4 nitrogen and oxygen atoms in total. The van der Waals surface area contributed by atoms with Crippen LogP contribution in [-0.2, 0) is 4.79 Å². The molecule has 94 valence electrons. The third-order valence-corrected chi connectivity index (χ3v) is 3.18. The summed E-state index contributed by atoms with van der Waals surface area (Å²) in [7, 11) is 4.01. The van der Waals surface area contributed by atoms with E-state index in [0.717, 1.165) is 32.4 Å². The summed E-state index contributed by atoms with van der Waals surface area (Å²) in [5.74, 6) is 0.684. The fourth-order valence-electron chi connectivity index (χ4n) is 2.27. The first-order valence-corrected chi connectivity index (χ1v) is 6.25. The van der Waals surface area contributed by atoms with Crippen LogP contribution in [0.3, 0.4) is 0 Å². The zero-order valence-corrected chi connectivity index (χ0v) is 10.5. The maximum atomic E-state index is 11.6. The summed E-state index contributed by atoms with van der Waals surface area (Å²) < 4.78 is 0. The number of amides is 1. The number of carbonyl (C=O) groups is 1. The van der Waals surface area contributed by atoms with Crippen molar-refractivity contribution in [3.63, 3.8) is 0 Å². The zero-order chi connectivity index (χ0) is 12.0. The van der Waals surface area contributed by atoms with Crippen molar-refractivity contribution < 1.29 is 4.79 Å². The Morgan fingerprint density at radius 2 is 2.19 bits per heavy atom. The number of nitrogens with zero attached hydrogens (tertiary/aromatic N) is 1. The average Bonchev–Trinajstić information content (AvgIpc) is 2.16. The molecule has 2 unspecified atom stereocenters. The highest BCUT2D eigenvalue weighted by atomic mass is 16.1. The van der Waals surface area contributed by atoms with Gasteiger partial charge in [0.05, 0.1) is 0 Å². The van der Waals surface area contributed by atoms with Gasteiger partial charge in [0.15, 0.2) is 0 Å². The molecule has 1 rings (SSSR count). The predicted molar refractivity (Wildman–Crippen MR) is 66.1 cm³/mol. The molecular formula is C12H25N3O. The van der Waals surface area contributed by atoms with Crippen LogP contribution >= 0.6 is 0 Å². The fourth-order valence-corrected chi connectivity index (χ4v) is 2.27. The Morgan fingerprint density at radius 3 is 2.81 bits per heavy atom. The van der Waals surface area contributed by atoms with Crippen LogP contribution in [-0.4, -0.2) is 44.0 Å². The number of hydrogen-bond acceptors (Lipinski definition) is 3. The van der Waals surface area contributed by atoms with Crippen LogP contribution in [0, 0.1) is 5.92 Å². The molecule has 0 heterocycles. The standard InChI is InChI=1S/C12H25N3O/c1-15(2)7-6-14-12(16)9-10-4-3-5-11(13)8-10/h10-11H,3-9,13H2,1-2H3,(H,14,16). The number of hydrogen-bond donors (Lipinski definition) is 2. The molecule has 1 amide bonds. The van der Waals surface area contributed by atoms with Crippen molar-refractivity contribution >= 4 is 5.91 Å².